The number of halogens is 1. The van der Waals surface area contributed by atoms with Crippen LogP contribution in [-0.2, 0) is 4.79 Å². The van der Waals surface area contributed by atoms with Gasteiger partial charge in [0.15, 0.2) is 0 Å². The highest BCUT2D eigenvalue weighted by Crippen LogP contribution is 2.67. The summed E-state index contributed by atoms with van der Waals surface area (Å²) in [4.78, 5) is 11.8. The molecule has 0 unspecified atom stereocenters. The first-order chi connectivity index (χ1) is 9.25. The van der Waals surface area contributed by atoms with Crippen LogP contribution in [0.3, 0.4) is 0 Å². The zero-order valence-electron chi connectivity index (χ0n) is 12.6. The van der Waals surface area contributed by atoms with Gasteiger partial charge in [0, 0.05) is 5.69 Å². The summed E-state index contributed by atoms with van der Waals surface area (Å²) in [6.07, 6.45) is 0. The third kappa shape index (κ3) is 2.85. The second-order valence-electron chi connectivity index (χ2n) is 6.69. The standard InChI is InChI=1S/C16H23FN2O/c1-15(2)13(16(15,3)4)9-18-10-14(20)19-12-7-5-6-11(17)8-12/h5-8,13,18H,9-10H2,1-4H3,(H,19,20). The van der Waals surface area contributed by atoms with Gasteiger partial charge in [0.2, 0.25) is 5.91 Å². The SMILES string of the molecule is CC1(C)C(CNCC(=O)Nc2cccc(F)c2)C1(C)C. The second-order valence-corrected chi connectivity index (χ2v) is 6.69. The van der Waals surface area contributed by atoms with Crippen molar-refractivity contribution in [3.8, 4) is 0 Å². The fourth-order valence-electron chi connectivity index (χ4n) is 2.94. The maximum absolute atomic E-state index is 13.0. The third-order valence-electron chi connectivity index (χ3n) is 5.06. The van der Waals surface area contributed by atoms with E-state index in [1.165, 1.54) is 12.1 Å². The van der Waals surface area contributed by atoms with E-state index in [9.17, 15) is 9.18 Å². The van der Waals surface area contributed by atoms with Crippen molar-refractivity contribution in [3.63, 3.8) is 0 Å². The number of benzene rings is 1. The molecule has 1 aromatic carbocycles. The number of hydrogen-bond acceptors (Lipinski definition) is 2. The summed E-state index contributed by atoms with van der Waals surface area (Å²) in [7, 11) is 0. The van der Waals surface area contributed by atoms with Crippen LogP contribution >= 0.6 is 0 Å². The maximum atomic E-state index is 13.0. The van der Waals surface area contributed by atoms with Gasteiger partial charge in [0.25, 0.3) is 0 Å². The molecule has 110 valence electrons. The summed E-state index contributed by atoms with van der Waals surface area (Å²) in [5, 5.41) is 5.86. The van der Waals surface area contributed by atoms with Gasteiger partial charge in [-0.1, -0.05) is 33.8 Å². The molecule has 0 aliphatic heterocycles. The highest BCUT2D eigenvalue weighted by Gasteiger charge is 2.63. The second kappa shape index (κ2) is 5.17. The highest BCUT2D eigenvalue weighted by atomic mass is 19.1. The van der Waals surface area contributed by atoms with E-state index in [0.717, 1.165) is 6.54 Å². The molecule has 1 aliphatic carbocycles. The molecule has 0 heterocycles. The Balaban J connectivity index is 1.74. The molecule has 2 rings (SSSR count). The number of nitrogens with one attached hydrogen (secondary N) is 2. The monoisotopic (exact) mass is 278 g/mol. The minimum Gasteiger partial charge on any atom is -0.325 e. The van der Waals surface area contributed by atoms with Crippen LogP contribution in [0.15, 0.2) is 24.3 Å². The van der Waals surface area contributed by atoms with E-state index in [1.807, 2.05) is 0 Å². The average Bonchev–Trinajstić information content (AvgIpc) is 2.71. The normalized spacial score (nSPS) is 19.6. The third-order valence-corrected chi connectivity index (χ3v) is 5.06. The van der Waals surface area contributed by atoms with E-state index in [2.05, 4.69) is 38.3 Å². The Morgan fingerprint density at radius 2 is 1.90 bits per heavy atom. The van der Waals surface area contributed by atoms with Gasteiger partial charge in [-0.25, -0.2) is 4.39 Å². The molecule has 1 amide bonds. The molecule has 3 nitrogen and oxygen atoms in total. The largest absolute Gasteiger partial charge is 0.325 e. The van der Waals surface area contributed by atoms with E-state index in [4.69, 9.17) is 0 Å². The van der Waals surface area contributed by atoms with Crippen LogP contribution in [0.2, 0.25) is 0 Å². The van der Waals surface area contributed by atoms with Crippen LogP contribution in [0, 0.1) is 22.6 Å². The number of rotatable bonds is 5. The number of carbonyl (C=O) groups is 1. The van der Waals surface area contributed by atoms with Gasteiger partial charge in [-0.15, -0.1) is 0 Å². The molecule has 2 N–H and O–H groups in total. The summed E-state index contributed by atoms with van der Waals surface area (Å²) in [6.45, 7) is 10.1. The summed E-state index contributed by atoms with van der Waals surface area (Å²) in [5.41, 5.74) is 1.13. The Hall–Kier alpha value is -1.42. The molecule has 1 aliphatic rings. The first-order valence-electron chi connectivity index (χ1n) is 7.01. The fourth-order valence-corrected chi connectivity index (χ4v) is 2.94. The van der Waals surface area contributed by atoms with Crippen molar-refractivity contribution < 1.29 is 9.18 Å². The van der Waals surface area contributed by atoms with Crippen LogP contribution in [0.25, 0.3) is 0 Å². The van der Waals surface area contributed by atoms with Gasteiger partial charge in [-0.2, -0.15) is 0 Å². The zero-order chi connectivity index (χ0) is 15.0. The summed E-state index contributed by atoms with van der Waals surface area (Å²) in [5.74, 6) is 0.0843. The molecule has 0 bridgehead atoms. The highest BCUT2D eigenvalue weighted by molar-refractivity contribution is 5.92. The van der Waals surface area contributed by atoms with Crippen molar-refractivity contribution >= 4 is 11.6 Å². The number of carbonyl (C=O) groups excluding carboxylic acids is 1. The van der Waals surface area contributed by atoms with Crippen LogP contribution in [0.5, 0.6) is 0 Å². The molecule has 0 spiro atoms. The van der Waals surface area contributed by atoms with Crippen LogP contribution < -0.4 is 10.6 Å². The molecule has 0 atom stereocenters. The quantitative estimate of drug-likeness (QED) is 0.869. The van der Waals surface area contributed by atoms with Crippen molar-refractivity contribution in [1.82, 2.24) is 5.32 Å². The van der Waals surface area contributed by atoms with Crippen molar-refractivity contribution in [2.24, 2.45) is 16.7 Å². The van der Waals surface area contributed by atoms with Crippen LogP contribution in [0.1, 0.15) is 27.7 Å². The van der Waals surface area contributed by atoms with E-state index in [0.29, 0.717) is 22.4 Å². The number of amides is 1. The van der Waals surface area contributed by atoms with E-state index >= 15 is 0 Å². The van der Waals surface area contributed by atoms with Crippen LogP contribution in [0.4, 0.5) is 10.1 Å². The molecule has 0 saturated heterocycles. The molecule has 0 aromatic heterocycles. The molecular weight excluding hydrogens is 255 g/mol. The van der Waals surface area contributed by atoms with E-state index in [-0.39, 0.29) is 18.3 Å². The van der Waals surface area contributed by atoms with Crippen molar-refractivity contribution in [1.29, 1.82) is 0 Å². The van der Waals surface area contributed by atoms with Gasteiger partial charge in [0.05, 0.1) is 6.54 Å². The summed E-state index contributed by atoms with van der Waals surface area (Å²) >= 11 is 0. The minimum absolute atomic E-state index is 0.146. The van der Waals surface area contributed by atoms with Gasteiger partial charge in [0.1, 0.15) is 5.82 Å². The molecule has 1 saturated carbocycles. The molecule has 20 heavy (non-hydrogen) atoms. The van der Waals surface area contributed by atoms with E-state index < -0.39 is 0 Å². The van der Waals surface area contributed by atoms with Crippen molar-refractivity contribution in [2.45, 2.75) is 27.7 Å². The Labute approximate surface area is 120 Å². The van der Waals surface area contributed by atoms with Gasteiger partial charge < -0.3 is 10.6 Å². The van der Waals surface area contributed by atoms with Crippen molar-refractivity contribution in [3.05, 3.63) is 30.1 Å². The first kappa shape index (κ1) is 15.0. The van der Waals surface area contributed by atoms with Gasteiger partial charge in [-0.3, -0.25) is 4.79 Å². The summed E-state index contributed by atoms with van der Waals surface area (Å²) in [6, 6.07) is 5.91. The zero-order valence-corrected chi connectivity index (χ0v) is 12.6. The lowest BCUT2D eigenvalue weighted by Gasteiger charge is -2.07. The lowest BCUT2D eigenvalue weighted by molar-refractivity contribution is -0.115. The first-order valence-corrected chi connectivity index (χ1v) is 7.01. The van der Waals surface area contributed by atoms with Gasteiger partial charge >= 0.3 is 0 Å². The Morgan fingerprint density at radius 1 is 1.25 bits per heavy atom. The molecular formula is C16H23FN2O. The van der Waals surface area contributed by atoms with Gasteiger partial charge in [-0.05, 0) is 41.5 Å². The smallest absolute Gasteiger partial charge is 0.238 e. The van der Waals surface area contributed by atoms with E-state index in [1.54, 1.807) is 12.1 Å². The Kier molecular flexibility index (Phi) is 3.87. The predicted octanol–water partition coefficient (Wildman–Crippen LogP) is 3.04. The minimum atomic E-state index is -0.350. The number of anilines is 1. The molecule has 4 heteroatoms. The molecule has 1 aromatic rings. The average molecular weight is 278 g/mol. The topological polar surface area (TPSA) is 41.1 Å². The van der Waals surface area contributed by atoms with Crippen LogP contribution in [-0.4, -0.2) is 19.0 Å². The Bertz CT molecular complexity index is 497. The van der Waals surface area contributed by atoms with Crippen molar-refractivity contribution in [2.75, 3.05) is 18.4 Å². The maximum Gasteiger partial charge on any atom is 0.238 e. The lowest BCUT2D eigenvalue weighted by atomic mass is 10.0. The Morgan fingerprint density at radius 3 is 2.45 bits per heavy atom. The number of hydrogen-bond donors (Lipinski definition) is 2. The summed E-state index contributed by atoms with van der Waals surface area (Å²) < 4.78 is 13.0. The lowest BCUT2D eigenvalue weighted by Crippen LogP contribution is -2.30. The molecule has 0 radical (unpaired) electrons. The molecule has 1 fully saturated rings. The predicted molar refractivity (Wildman–Crippen MR) is 79.0 cm³/mol. The fraction of sp³-hybridized carbons (Fsp3) is 0.562.